The highest BCUT2D eigenvalue weighted by Gasteiger charge is 2.41. The summed E-state index contributed by atoms with van der Waals surface area (Å²) in [5, 5.41) is 19.0. The van der Waals surface area contributed by atoms with E-state index in [9.17, 15) is 9.90 Å². The Kier molecular flexibility index (Phi) is 3.22. The molecule has 1 saturated heterocycles. The van der Waals surface area contributed by atoms with E-state index < -0.39 is 11.6 Å². The zero-order valence-corrected chi connectivity index (χ0v) is 9.85. The van der Waals surface area contributed by atoms with Crippen molar-refractivity contribution in [3.63, 3.8) is 0 Å². The molecule has 0 spiro atoms. The first-order valence-electron chi connectivity index (χ1n) is 6.19. The summed E-state index contributed by atoms with van der Waals surface area (Å²) in [5.74, 6) is -0.838. The van der Waals surface area contributed by atoms with Crippen LogP contribution in [-0.4, -0.2) is 45.8 Å². The maximum absolute atomic E-state index is 11.0. The summed E-state index contributed by atoms with van der Waals surface area (Å²) in [4.78, 5) is 13.2. The lowest BCUT2D eigenvalue weighted by atomic mass is 9.78. The van der Waals surface area contributed by atoms with E-state index in [4.69, 9.17) is 5.11 Å². The van der Waals surface area contributed by atoms with Gasteiger partial charge in [0.05, 0.1) is 11.5 Å². The molecule has 2 aliphatic rings. The number of carboxylic acid groups (broad SMARTS) is 1. The molecule has 3 atom stereocenters. The second-order valence-corrected chi connectivity index (χ2v) is 5.48. The van der Waals surface area contributed by atoms with E-state index in [-0.39, 0.29) is 12.0 Å². The average molecular weight is 227 g/mol. The van der Waals surface area contributed by atoms with Gasteiger partial charge in [0.1, 0.15) is 0 Å². The normalized spacial score (nSPS) is 41.1. The largest absolute Gasteiger partial charge is 0.481 e. The van der Waals surface area contributed by atoms with Crippen LogP contribution < -0.4 is 0 Å². The van der Waals surface area contributed by atoms with Crippen molar-refractivity contribution >= 4 is 5.97 Å². The number of nitrogens with zero attached hydrogens (tertiary/aromatic N) is 1. The number of aliphatic hydroxyl groups is 1. The molecule has 4 nitrogen and oxygen atoms in total. The Morgan fingerprint density at radius 3 is 2.62 bits per heavy atom. The average Bonchev–Trinajstić information content (AvgIpc) is 2.25. The first kappa shape index (κ1) is 11.9. The Hall–Kier alpha value is -0.610. The van der Waals surface area contributed by atoms with E-state index in [1.165, 1.54) is 0 Å². The monoisotopic (exact) mass is 227 g/mol. The predicted octanol–water partition coefficient (Wildman–Crippen LogP) is 1.09. The Labute approximate surface area is 96.3 Å². The van der Waals surface area contributed by atoms with Gasteiger partial charge in [0.15, 0.2) is 0 Å². The molecule has 1 saturated carbocycles. The van der Waals surface area contributed by atoms with E-state index in [2.05, 4.69) is 4.90 Å². The third-order valence-corrected chi connectivity index (χ3v) is 4.12. The van der Waals surface area contributed by atoms with Crippen LogP contribution in [0.2, 0.25) is 0 Å². The molecule has 0 amide bonds. The number of hydrogen-bond acceptors (Lipinski definition) is 3. The first-order chi connectivity index (χ1) is 7.49. The Balaban J connectivity index is 1.93. The van der Waals surface area contributed by atoms with Crippen LogP contribution >= 0.6 is 0 Å². The van der Waals surface area contributed by atoms with Crippen LogP contribution in [0.4, 0.5) is 0 Å². The van der Waals surface area contributed by atoms with Gasteiger partial charge in [-0.3, -0.25) is 9.69 Å². The van der Waals surface area contributed by atoms with Crippen LogP contribution in [0, 0.1) is 5.92 Å². The van der Waals surface area contributed by atoms with Crippen molar-refractivity contribution in [3.05, 3.63) is 0 Å². The fourth-order valence-electron chi connectivity index (χ4n) is 2.82. The zero-order valence-electron chi connectivity index (χ0n) is 9.85. The summed E-state index contributed by atoms with van der Waals surface area (Å²) in [7, 11) is 0. The van der Waals surface area contributed by atoms with Crippen molar-refractivity contribution in [2.24, 2.45) is 5.92 Å². The molecule has 1 heterocycles. The summed E-state index contributed by atoms with van der Waals surface area (Å²) >= 11 is 0. The number of carbonyl (C=O) groups is 1. The van der Waals surface area contributed by atoms with Crippen LogP contribution in [0.3, 0.4) is 0 Å². The summed E-state index contributed by atoms with van der Waals surface area (Å²) in [5.41, 5.74) is -0.558. The molecule has 0 aromatic carbocycles. The SMILES string of the molecule is CC1(O)CCCN(C2CCC2C(=O)O)CC1. The number of rotatable bonds is 2. The van der Waals surface area contributed by atoms with Gasteiger partial charge in [-0.1, -0.05) is 0 Å². The van der Waals surface area contributed by atoms with E-state index in [1.807, 2.05) is 6.92 Å². The molecule has 1 aliphatic carbocycles. The highest BCUT2D eigenvalue weighted by atomic mass is 16.4. The number of likely N-dealkylation sites (tertiary alicyclic amines) is 1. The highest BCUT2D eigenvalue weighted by molar-refractivity contribution is 5.72. The Morgan fingerprint density at radius 2 is 2.06 bits per heavy atom. The molecule has 3 unspecified atom stereocenters. The molecular formula is C12H21NO3. The lowest BCUT2D eigenvalue weighted by Gasteiger charge is -2.42. The van der Waals surface area contributed by atoms with Gasteiger partial charge in [-0.2, -0.15) is 0 Å². The van der Waals surface area contributed by atoms with Crippen LogP contribution in [0.25, 0.3) is 0 Å². The van der Waals surface area contributed by atoms with Crippen molar-refractivity contribution in [1.29, 1.82) is 0 Å². The first-order valence-corrected chi connectivity index (χ1v) is 6.19. The molecule has 2 N–H and O–H groups in total. The molecule has 0 radical (unpaired) electrons. The molecule has 2 fully saturated rings. The summed E-state index contributed by atoms with van der Waals surface area (Å²) < 4.78 is 0. The molecule has 16 heavy (non-hydrogen) atoms. The van der Waals surface area contributed by atoms with Crippen molar-refractivity contribution in [1.82, 2.24) is 4.90 Å². The maximum atomic E-state index is 11.0. The van der Waals surface area contributed by atoms with Gasteiger partial charge in [0.25, 0.3) is 0 Å². The van der Waals surface area contributed by atoms with Crippen molar-refractivity contribution in [3.8, 4) is 0 Å². The van der Waals surface area contributed by atoms with Crippen molar-refractivity contribution in [2.45, 2.75) is 50.7 Å². The van der Waals surface area contributed by atoms with E-state index in [0.717, 1.165) is 45.2 Å². The highest BCUT2D eigenvalue weighted by Crippen LogP contribution is 2.34. The molecular weight excluding hydrogens is 206 g/mol. The van der Waals surface area contributed by atoms with E-state index in [0.29, 0.717) is 0 Å². The van der Waals surface area contributed by atoms with Crippen molar-refractivity contribution < 1.29 is 15.0 Å². The number of carboxylic acids is 1. The van der Waals surface area contributed by atoms with Crippen LogP contribution in [0.5, 0.6) is 0 Å². The molecule has 0 bridgehead atoms. The summed E-state index contributed by atoms with van der Waals surface area (Å²) in [6.45, 7) is 3.65. The van der Waals surface area contributed by atoms with E-state index in [1.54, 1.807) is 0 Å². The quantitative estimate of drug-likeness (QED) is 0.741. The van der Waals surface area contributed by atoms with Gasteiger partial charge < -0.3 is 10.2 Å². The smallest absolute Gasteiger partial charge is 0.308 e. The second-order valence-electron chi connectivity index (χ2n) is 5.48. The molecule has 0 aromatic rings. The molecule has 92 valence electrons. The van der Waals surface area contributed by atoms with Crippen LogP contribution in [-0.2, 0) is 4.79 Å². The van der Waals surface area contributed by atoms with Gasteiger partial charge in [-0.05, 0) is 45.6 Å². The van der Waals surface area contributed by atoms with Gasteiger partial charge in [0.2, 0.25) is 0 Å². The topological polar surface area (TPSA) is 60.8 Å². The number of hydrogen-bond donors (Lipinski definition) is 2. The third-order valence-electron chi connectivity index (χ3n) is 4.12. The van der Waals surface area contributed by atoms with E-state index >= 15 is 0 Å². The Bertz CT molecular complexity index is 277. The zero-order chi connectivity index (χ0) is 11.8. The summed E-state index contributed by atoms with van der Waals surface area (Å²) in [6.07, 6.45) is 4.37. The predicted molar refractivity (Wildman–Crippen MR) is 60.2 cm³/mol. The maximum Gasteiger partial charge on any atom is 0.308 e. The van der Waals surface area contributed by atoms with Gasteiger partial charge in [-0.25, -0.2) is 0 Å². The third kappa shape index (κ3) is 2.38. The standard InChI is InChI=1S/C12H21NO3/c1-12(16)5-2-7-13(8-6-12)10-4-3-9(10)11(14)15/h9-10,16H,2-8H2,1H3,(H,14,15). The minimum Gasteiger partial charge on any atom is -0.481 e. The molecule has 0 aromatic heterocycles. The lowest BCUT2D eigenvalue weighted by molar-refractivity contribution is -0.149. The molecule has 4 heteroatoms. The van der Waals surface area contributed by atoms with Crippen LogP contribution in [0.1, 0.15) is 39.0 Å². The van der Waals surface area contributed by atoms with Gasteiger partial charge in [-0.15, -0.1) is 0 Å². The van der Waals surface area contributed by atoms with Crippen molar-refractivity contribution in [2.75, 3.05) is 13.1 Å². The summed E-state index contributed by atoms with van der Waals surface area (Å²) in [6, 6.07) is 0.214. The minimum atomic E-state index is -0.660. The second kappa shape index (κ2) is 4.34. The van der Waals surface area contributed by atoms with Gasteiger partial charge >= 0.3 is 5.97 Å². The van der Waals surface area contributed by atoms with Gasteiger partial charge in [0, 0.05) is 12.6 Å². The minimum absolute atomic E-state index is 0.178. The molecule has 1 aliphatic heterocycles. The fraction of sp³-hybridized carbons (Fsp3) is 0.917. The fourth-order valence-corrected chi connectivity index (χ4v) is 2.82. The van der Waals surface area contributed by atoms with Crippen LogP contribution in [0.15, 0.2) is 0 Å². The Morgan fingerprint density at radius 1 is 1.31 bits per heavy atom. The number of aliphatic carboxylic acids is 1. The lowest BCUT2D eigenvalue weighted by Crippen LogP contribution is -2.50. The molecule has 2 rings (SSSR count).